The van der Waals surface area contributed by atoms with E-state index >= 15 is 0 Å². The van der Waals surface area contributed by atoms with Gasteiger partial charge in [-0.15, -0.1) is 0 Å². The number of nitrogens with one attached hydrogen (secondary N) is 1. The molecule has 1 aliphatic rings. The Morgan fingerprint density at radius 3 is 2.96 bits per heavy atom. The average Bonchev–Trinajstić information content (AvgIpc) is 3.25. The number of amides is 1. The van der Waals surface area contributed by atoms with E-state index in [1.165, 1.54) is 0 Å². The number of fused-ring (bicyclic) bond motifs is 2. The van der Waals surface area contributed by atoms with Crippen molar-refractivity contribution < 1.29 is 4.79 Å². The van der Waals surface area contributed by atoms with Crippen LogP contribution in [0.15, 0.2) is 24.7 Å². The number of nitrogens with zero attached hydrogens (tertiary/aromatic N) is 5. The molecule has 1 aliphatic heterocycles. The van der Waals surface area contributed by atoms with Crippen molar-refractivity contribution in [2.45, 2.75) is 45.8 Å². The quantitative estimate of drug-likeness (QED) is 0.690. The Morgan fingerprint density at radius 1 is 1.33 bits per heavy atom. The van der Waals surface area contributed by atoms with Crippen LogP contribution in [0.2, 0.25) is 0 Å². The van der Waals surface area contributed by atoms with Crippen LogP contribution in [-0.2, 0) is 19.5 Å². The van der Waals surface area contributed by atoms with Crippen molar-refractivity contribution in [1.82, 2.24) is 29.9 Å². The van der Waals surface area contributed by atoms with E-state index in [4.69, 9.17) is 5.73 Å². The monoisotopic (exact) mass is 367 g/mol. The molecule has 1 amide bonds. The van der Waals surface area contributed by atoms with E-state index in [9.17, 15) is 4.79 Å². The molecule has 3 aromatic rings. The molecule has 3 aromatic heterocycles. The van der Waals surface area contributed by atoms with Gasteiger partial charge in [-0.1, -0.05) is 0 Å². The predicted molar refractivity (Wildman–Crippen MR) is 102 cm³/mol. The summed E-state index contributed by atoms with van der Waals surface area (Å²) in [7, 11) is 0. The van der Waals surface area contributed by atoms with Crippen molar-refractivity contribution in [3.63, 3.8) is 0 Å². The lowest BCUT2D eigenvalue weighted by Gasteiger charge is -2.24. The zero-order chi connectivity index (χ0) is 19.0. The van der Waals surface area contributed by atoms with Gasteiger partial charge < -0.3 is 11.1 Å². The van der Waals surface area contributed by atoms with E-state index in [0.29, 0.717) is 17.5 Å². The van der Waals surface area contributed by atoms with Gasteiger partial charge in [-0.2, -0.15) is 10.2 Å². The Balaban J connectivity index is 1.37. The Hall–Kier alpha value is -2.74. The van der Waals surface area contributed by atoms with Crippen LogP contribution in [0.25, 0.3) is 11.0 Å². The third-order valence-corrected chi connectivity index (χ3v) is 5.19. The summed E-state index contributed by atoms with van der Waals surface area (Å²) in [6.07, 6.45) is 7.24. The maximum absolute atomic E-state index is 11.5. The summed E-state index contributed by atoms with van der Waals surface area (Å²) in [5, 5.41) is 13.3. The van der Waals surface area contributed by atoms with E-state index in [0.717, 1.165) is 54.8 Å². The minimum Gasteiger partial charge on any atom is -0.365 e. The molecule has 8 heteroatoms. The van der Waals surface area contributed by atoms with Gasteiger partial charge in [-0.05, 0) is 50.8 Å². The third-order valence-electron chi connectivity index (χ3n) is 5.19. The number of primary amides is 1. The number of aromatic nitrogens is 5. The first-order chi connectivity index (χ1) is 13.0. The number of carbonyl (C=O) groups is 1. The molecule has 1 atom stereocenters. The molecule has 4 heterocycles. The second-order valence-corrected chi connectivity index (χ2v) is 7.52. The van der Waals surface area contributed by atoms with Crippen LogP contribution in [0.4, 0.5) is 0 Å². The smallest absolute Gasteiger partial charge is 0.252 e. The molecule has 0 spiro atoms. The standard InChI is InChI=1S/C19H25N7O/c1-12(2)26-19-15(10-24-26)5-14(9-22-19)8-21-7-13-3-4-25-17(6-13)16(11-23-25)18(20)27/h5,9-13,21H,3-4,6-8H2,1-2H3,(H2,20,27)/t13-/m0/s1. The summed E-state index contributed by atoms with van der Waals surface area (Å²) >= 11 is 0. The van der Waals surface area contributed by atoms with Crippen molar-refractivity contribution in [1.29, 1.82) is 0 Å². The Morgan fingerprint density at radius 2 is 2.19 bits per heavy atom. The van der Waals surface area contributed by atoms with Crippen molar-refractivity contribution in [2.75, 3.05) is 6.54 Å². The van der Waals surface area contributed by atoms with Crippen LogP contribution in [-0.4, -0.2) is 37.0 Å². The minimum absolute atomic E-state index is 0.295. The Kier molecular flexibility index (Phi) is 4.65. The fourth-order valence-corrected chi connectivity index (χ4v) is 3.76. The second-order valence-electron chi connectivity index (χ2n) is 7.52. The van der Waals surface area contributed by atoms with Gasteiger partial charge in [0.25, 0.3) is 5.91 Å². The molecule has 4 rings (SSSR count). The minimum atomic E-state index is -0.397. The number of carbonyl (C=O) groups excluding carboxylic acids is 1. The topological polar surface area (TPSA) is 104 Å². The lowest BCUT2D eigenvalue weighted by Crippen LogP contribution is -2.30. The fraction of sp³-hybridized carbons (Fsp3) is 0.474. The molecule has 3 N–H and O–H groups in total. The van der Waals surface area contributed by atoms with E-state index in [1.54, 1.807) is 6.20 Å². The predicted octanol–water partition coefficient (Wildman–Crippen LogP) is 1.66. The summed E-state index contributed by atoms with van der Waals surface area (Å²) in [6, 6.07) is 2.44. The van der Waals surface area contributed by atoms with Gasteiger partial charge in [-0.3, -0.25) is 9.48 Å². The molecule has 0 saturated carbocycles. The average molecular weight is 367 g/mol. The van der Waals surface area contributed by atoms with Gasteiger partial charge in [0, 0.05) is 30.7 Å². The van der Waals surface area contributed by atoms with Crippen molar-refractivity contribution in [2.24, 2.45) is 11.7 Å². The van der Waals surface area contributed by atoms with Gasteiger partial charge in [0.15, 0.2) is 5.65 Å². The SMILES string of the molecule is CC(C)n1ncc2cc(CNC[C@H]3CCn4ncc(C(N)=O)c4C3)cnc21. The van der Waals surface area contributed by atoms with Crippen LogP contribution in [0.3, 0.4) is 0 Å². The molecule has 0 fully saturated rings. The van der Waals surface area contributed by atoms with Gasteiger partial charge >= 0.3 is 0 Å². The first kappa shape index (κ1) is 17.7. The largest absolute Gasteiger partial charge is 0.365 e. The van der Waals surface area contributed by atoms with E-state index in [2.05, 4.69) is 40.4 Å². The lowest BCUT2D eigenvalue weighted by molar-refractivity contribution is 0.0998. The molecule has 8 nitrogen and oxygen atoms in total. The molecule has 0 unspecified atom stereocenters. The molecule has 142 valence electrons. The number of hydrogen-bond donors (Lipinski definition) is 2. The summed E-state index contributed by atoms with van der Waals surface area (Å²) in [5.74, 6) is 0.0684. The Bertz CT molecular complexity index is 972. The molecular formula is C19H25N7O. The number of rotatable bonds is 6. The first-order valence-corrected chi connectivity index (χ1v) is 9.40. The van der Waals surface area contributed by atoms with Gasteiger partial charge in [-0.25, -0.2) is 9.67 Å². The molecule has 0 aliphatic carbocycles. The number of aryl methyl sites for hydroxylation is 1. The highest BCUT2D eigenvalue weighted by Crippen LogP contribution is 2.22. The Labute approximate surface area is 157 Å². The summed E-state index contributed by atoms with van der Waals surface area (Å²) in [5.41, 5.74) is 9.03. The maximum Gasteiger partial charge on any atom is 0.252 e. The second kappa shape index (κ2) is 7.11. The van der Waals surface area contributed by atoms with Gasteiger partial charge in [0.05, 0.1) is 23.7 Å². The molecule has 0 radical (unpaired) electrons. The van der Waals surface area contributed by atoms with Crippen LogP contribution in [0.5, 0.6) is 0 Å². The van der Waals surface area contributed by atoms with Gasteiger partial charge in [0.1, 0.15) is 0 Å². The zero-order valence-electron chi connectivity index (χ0n) is 15.7. The normalized spacial score (nSPS) is 16.8. The molecule has 0 aromatic carbocycles. The molecule has 0 bridgehead atoms. The molecular weight excluding hydrogens is 342 g/mol. The maximum atomic E-state index is 11.5. The summed E-state index contributed by atoms with van der Waals surface area (Å²) < 4.78 is 3.84. The highest BCUT2D eigenvalue weighted by atomic mass is 16.1. The third kappa shape index (κ3) is 3.44. The highest BCUT2D eigenvalue weighted by Gasteiger charge is 2.24. The van der Waals surface area contributed by atoms with E-state index in [-0.39, 0.29) is 0 Å². The van der Waals surface area contributed by atoms with Crippen LogP contribution < -0.4 is 11.1 Å². The summed E-state index contributed by atoms with van der Waals surface area (Å²) in [6.45, 7) is 6.67. The van der Waals surface area contributed by atoms with Crippen molar-refractivity contribution >= 4 is 16.9 Å². The molecule has 27 heavy (non-hydrogen) atoms. The number of hydrogen-bond acceptors (Lipinski definition) is 5. The number of pyridine rings is 1. The van der Waals surface area contributed by atoms with Crippen molar-refractivity contribution in [3.05, 3.63) is 41.5 Å². The van der Waals surface area contributed by atoms with Gasteiger partial charge in [0.2, 0.25) is 0 Å². The van der Waals surface area contributed by atoms with Crippen LogP contribution >= 0.6 is 0 Å². The number of nitrogens with two attached hydrogens (primary N) is 1. The zero-order valence-corrected chi connectivity index (χ0v) is 15.7. The molecule has 0 saturated heterocycles. The fourth-order valence-electron chi connectivity index (χ4n) is 3.76. The van der Waals surface area contributed by atoms with Crippen molar-refractivity contribution in [3.8, 4) is 0 Å². The lowest BCUT2D eigenvalue weighted by atomic mass is 9.94. The van der Waals surface area contributed by atoms with Crippen LogP contribution in [0.1, 0.15) is 47.9 Å². The van der Waals surface area contributed by atoms with Crippen LogP contribution in [0, 0.1) is 5.92 Å². The summed E-state index contributed by atoms with van der Waals surface area (Å²) in [4.78, 5) is 16.1. The van der Waals surface area contributed by atoms with E-state index < -0.39 is 5.91 Å². The first-order valence-electron chi connectivity index (χ1n) is 9.40. The van der Waals surface area contributed by atoms with E-state index in [1.807, 2.05) is 21.8 Å². The highest BCUT2D eigenvalue weighted by molar-refractivity contribution is 5.93.